The minimum atomic E-state index is -0.105. The number of rotatable bonds is 6. The molecule has 1 amide bonds. The standard InChI is InChI=1S/C23H31NO2/c1-14(2)20-9-8-15(3)10-22(20)26-13-23(25)24-19(7)21-12-17(5)16(4)11-18(21)6/h8-12,14,19H,13H2,1-7H3,(H,24,25)/t19-/m0/s1. The Morgan fingerprint density at radius 1 is 0.923 bits per heavy atom. The maximum absolute atomic E-state index is 12.4. The summed E-state index contributed by atoms with van der Waals surface area (Å²) < 4.78 is 5.84. The van der Waals surface area contributed by atoms with Gasteiger partial charge in [-0.1, -0.05) is 38.1 Å². The molecule has 0 saturated carbocycles. The summed E-state index contributed by atoms with van der Waals surface area (Å²) in [6.07, 6.45) is 0. The lowest BCUT2D eigenvalue weighted by Crippen LogP contribution is -2.31. The maximum atomic E-state index is 12.4. The molecule has 140 valence electrons. The molecule has 2 rings (SSSR count). The second-order valence-electron chi connectivity index (χ2n) is 7.57. The quantitative estimate of drug-likeness (QED) is 0.765. The van der Waals surface area contributed by atoms with Gasteiger partial charge in [0, 0.05) is 0 Å². The molecule has 0 saturated heterocycles. The molecule has 2 aromatic carbocycles. The van der Waals surface area contributed by atoms with Crippen molar-refractivity contribution < 1.29 is 9.53 Å². The molecule has 3 heteroatoms. The molecule has 1 atom stereocenters. The number of hydrogen-bond donors (Lipinski definition) is 1. The maximum Gasteiger partial charge on any atom is 0.258 e. The molecule has 0 aliphatic rings. The number of aryl methyl sites for hydroxylation is 4. The molecule has 0 bridgehead atoms. The van der Waals surface area contributed by atoms with Gasteiger partial charge in [0.2, 0.25) is 0 Å². The molecule has 26 heavy (non-hydrogen) atoms. The first-order valence-corrected chi connectivity index (χ1v) is 9.29. The zero-order chi connectivity index (χ0) is 19.4. The molecule has 0 aliphatic carbocycles. The van der Waals surface area contributed by atoms with Gasteiger partial charge in [-0.25, -0.2) is 0 Å². The Hall–Kier alpha value is -2.29. The lowest BCUT2D eigenvalue weighted by Gasteiger charge is -2.19. The summed E-state index contributed by atoms with van der Waals surface area (Å²) >= 11 is 0. The van der Waals surface area contributed by atoms with Crippen LogP contribution in [0.1, 0.15) is 66.1 Å². The van der Waals surface area contributed by atoms with Crippen LogP contribution in [0.3, 0.4) is 0 Å². The highest BCUT2D eigenvalue weighted by Crippen LogP contribution is 2.27. The third-order valence-corrected chi connectivity index (χ3v) is 4.88. The fraction of sp³-hybridized carbons (Fsp3) is 0.435. The van der Waals surface area contributed by atoms with E-state index in [1.165, 1.54) is 16.7 Å². The highest BCUT2D eigenvalue weighted by Gasteiger charge is 2.15. The van der Waals surface area contributed by atoms with Crippen LogP contribution in [-0.4, -0.2) is 12.5 Å². The summed E-state index contributed by atoms with van der Waals surface area (Å²) in [5.41, 5.74) is 7.12. The smallest absolute Gasteiger partial charge is 0.258 e. The summed E-state index contributed by atoms with van der Waals surface area (Å²) in [7, 11) is 0. The summed E-state index contributed by atoms with van der Waals surface area (Å²) in [6.45, 7) is 14.6. The molecule has 0 aliphatic heterocycles. The average molecular weight is 354 g/mol. The van der Waals surface area contributed by atoms with Crippen LogP contribution >= 0.6 is 0 Å². The van der Waals surface area contributed by atoms with Crippen molar-refractivity contribution in [2.75, 3.05) is 6.61 Å². The molecule has 0 fully saturated rings. The first-order chi connectivity index (χ1) is 12.2. The van der Waals surface area contributed by atoms with Crippen LogP contribution in [0, 0.1) is 27.7 Å². The second-order valence-corrected chi connectivity index (χ2v) is 7.57. The molecule has 0 radical (unpaired) electrons. The lowest BCUT2D eigenvalue weighted by molar-refractivity contribution is -0.123. The van der Waals surface area contributed by atoms with Crippen molar-refractivity contribution in [2.24, 2.45) is 0 Å². The number of ether oxygens (including phenoxy) is 1. The third kappa shape index (κ3) is 4.87. The van der Waals surface area contributed by atoms with Crippen molar-refractivity contribution in [1.29, 1.82) is 0 Å². The Morgan fingerprint density at radius 2 is 1.58 bits per heavy atom. The van der Waals surface area contributed by atoms with Crippen LogP contribution < -0.4 is 10.1 Å². The van der Waals surface area contributed by atoms with E-state index in [2.05, 4.69) is 64.2 Å². The molecule has 3 nitrogen and oxygen atoms in total. The van der Waals surface area contributed by atoms with E-state index in [4.69, 9.17) is 4.74 Å². The predicted molar refractivity (Wildman–Crippen MR) is 108 cm³/mol. The van der Waals surface area contributed by atoms with E-state index in [1.54, 1.807) is 0 Å². The zero-order valence-electron chi connectivity index (χ0n) is 17.1. The molecule has 0 heterocycles. The molecular weight excluding hydrogens is 322 g/mol. The topological polar surface area (TPSA) is 38.3 Å². The van der Waals surface area contributed by atoms with Crippen molar-refractivity contribution in [3.8, 4) is 5.75 Å². The van der Waals surface area contributed by atoms with Gasteiger partial charge in [-0.05, 0) is 80.0 Å². The van der Waals surface area contributed by atoms with Gasteiger partial charge >= 0.3 is 0 Å². The largest absolute Gasteiger partial charge is 0.483 e. The van der Waals surface area contributed by atoms with Gasteiger partial charge in [0.1, 0.15) is 5.75 Å². The fourth-order valence-electron chi connectivity index (χ4n) is 3.20. The van der Waals surface area contributed by atoms with E-state index in [0.717, 1.165) is 22.4 Å². The number of benzene rings is 2. The van der Waals surface area contributed by atoms with Crippen LogP contribution in [0.15, 0.2) is 30.3 Å². The van der Waals surface area contributed by atoms with Gasteiger partial charge in [0.25, 0.3) is 5.91 Å². The summed E-state index contributed by atoms with van der Waals surface area (Å²) in [4.78, 5) is 12.4. The van der Waals surface area contributed by atoms with Crippen LogP contribution in [0.25, 0.3) is 0 Å². The SMILES string of the molecule is Cc1ccc(C(C)C)c(OCC(=O)N[C@@H](C)c2cc(C)c(C)cc2C)c1. The molecule has 2 aromatic rings. The summed E-state index contributed by atoms with van der Waals surface area (Å²) in [5.74, 6) is 1.04. The third-order valence-electron chi connectivity index (χ3n) is 4.88. The number of nitrogens with one attached hydrogen (secondary N) is 1. The summed E-state index contributed by atoms with van der Waals surface area (Å²) in [5, 5.41) is 3.05. The lowest BCUT2D eigenvalue weighted by atomic mass is 9.96. The molecule has 0 unspecified atom stereocenters. The minimum absolute atomic E-state index is 0.0252. The second kappa shape index (κ2) is 8.39. The van der Waals surface area contributed by atoms with E-state index in [0.29, 0.717) is 5.92 Å². The van der Waals surface area contributed by atoms with Crippen LogP contribution in [0.4, 0.5) is 0 Å². The van der Waals surface area contributed by atoms with Crippen LogP contribution in [0.5, 0.6) is 5.75 Å². The van der Waals surface area contributed by atoms with Gasteiger partial charge in [0.15, 0.2) is 6.61 Å². The minimum Gasteiger partial charge on any atom is -0.483 e. The highest BCUT2D eigenvalue weighted by molar-refractivity contribution is 5.78. The van der Waals surface area contributed by atoms with E-state index >= 15 is 0 Å². The van der Waals surface area contributed by atoms with Gasteiger partial charge in [0.05, 0.1) is 6.04 Å². The number of carbonyl (C=O) groups is 1. The number of amides is 1. The van der Waals surface area contributed by atoms with Gasteiger partial charge in [-0.2, -0.15) is 0 Å². The van der Waals surface area contributed by atoms with E-state index in [9.17, 15) is 4.79 Å². The Kier molecular flexibility index (Phi) is 6.47. The van der Waals surface area contributed by atoms with Crippen molar-refractivity contribution in [3.05, 3.63) is 63.7 Å². The highest BCUT2D eigenvalue weighted by atomic mass is 16.5. The van der Waals surface area contributed by atoms with Gasteiger partial charge < -0.3 is 10.1 Å². The van der Waals surface area contributed by atoms with Crippen molar-refractivity contribution in [1.82, 2.24) is 5.32 Å². The fourth-order valence-corrected chi connectivity index (χ4v) is 3.20. The number of hydrogen-bond acceptors (Lipinski definition) is 2. The van der Waals surface area contributed by atoms with Crippen molar-refractivity contribution >= 4 is 5.91 Å². The summed E-state index contributed by atoms with van der Waals surface area (Å²) in [6, 6.07) is 10.4. The Labute approximate surface area is 157 Å². The van der Waals surface area contributed by atoms with Crippen LogP contribution in [-0.2, 0) is 4.79 Å². The Morgan fingerprint density at radius 3 is 2.23 bits per heavy atom. The number of carbonyl (C=O) groups excluding carboxylic acids is 1. The van der Waals surface area contributed by atoms with Crippen LogP contribution in [0.2, 0.25) is 0 Å². The van der Waals surface area contributed by atoms with Gasteiger partial charge in [-0.15, -0.1) is 0 Å². The molecular formula is C23H31NO2. The first kappa shape index (κ1) is 20.0. The van der Waals surface area contributed by atoms with E-state index in [1.807, 2.05) is 19.9 Å². The van der Waals surface area contributed by atoms with Crippen molar-refractivity contribution in [3.63, 3.8) is 0 Å². The normalized spacial score (nSPS) is 12.2. The van der Waals surface area contributed by atoms with E-state index in [-0.39, 0.29) is 18.6 Å². The van der Waals surface area contributed by atoms with E-state index < -0.39 is 0 Å². The molecule has 0 spiro atoms. The first-order valence-electron chi connectivity index (χ1n) is 9.29. The molecule has 1 N–H and O–H groups in total. The molecule has 0 aromatic heterocycles. The predicted octanol–water partition coefficient (Wildman–Crippen LogP) is 5.30. The Bertz CT molecular complexity index is 793. The van der Waals surface area contributed by atoms with Gasteiger partial charge in [-0.3, -0.25) is 4.79 Å². The Balaban J connectivity index is 2.04. The monoisotopic (exact) mass is 353 g/mol. The average Bonchev–Trinajstić information content (AvgIpc) is 2.55. The zero-order valence-corrected chi connectivity index (χ0v) is 17.1. The van der Waals surface area contributed by atoms with Crippen molar-refractivity contribution in [2.45, 2.75) is 60.4 Å².